The van der Waals surface area contributed by atoms with Crippen LogP contribution in [0.5, 0.6) is 11.5 Å². The molecule has 0 saturated carbocycles. The largest absolute Gasteiger partial charge is 0.496 e. The van der Waals surface area contributed by atoms with Crippen molar-refractivity contribution in [1.82, 2.24) is 14.8 Å². The lowest BCUT2D eigenvalue weighted by atomic mass is 10.1. The minimum atomic E-state index is 0.0205. The molecule has 0 atom stereocenters. The molecule has 0 aliphatic heterocycles. The molecule has 6 nitrogen and oxygen atoms in total. The Morgan fingerprint density at radius 3 is 2.59 bits per heavy atom. The molecular formula is C22H23N3O3S. The quantitative estimate of drug-likeness (QED) is 0.291. The van der Waals surface area contributed by atoms with Gasteiger partial charge in [0, 0.05) is 23.4 Å². The van der Waals surface area contributed by atoms with E-state index in [2.05, 4.69) is 16.8 Å². The Balaban J connectivity index is 1.93. The highest BCUT2D eigenvalue weighted by Gasteiger charge is 2.17. The molecule has 2 aromatic carbocycles. The molecule has 7 heteroatoms. The van der Waals surface area contributed by atoms with E-state index in [-0.39, 0.29) is 5.78 Å². The van der Waals surface area contributed by atoms with Crippen LogP contribution in [0.1, 0.15) is 22.8 Å². The number of thioether (sulfide) groups is 1. The molecular weight excluding hydrogens is 386 g/mol. The van der Waals surface area contributed by atoms with E-state index in [0.29, 0.717) is 23.7 Å². The summed E-state index contributed by atoms with van der Waals surface area (Å²) in [4.78, 5) is 11.7. The first-order chi connectivity index (χ1) is 14.1. The monoisotopic (exact) mass is 409 g/mol. The molecule has 0 aliphatic rings. The number of carbonyl (C=O) groups is 1. The minimum Gasteiger partial charge on any atom is -0.496 e. The number of methoxy groups -OCH3 is 2. The zero-order valence-corrected chi connectivity index (χ0v) is 17.5. The number of hydrogen-bond acceptors (Lipinski definition) is 6. The van der Waals surface area contributed by atoms with Crippen LogP contribution < -0.4 is 9.47 Å². The minimum absolute atomic E-state index is 0.0205. The van der Waals surface area contributed by atoms with E-state index in [9.17, 15) is 4.79 Å². The Hall–Kier alpha value is -3.06. The fourth-order valence-electron chi connectivity index (χ4n) is 2.97. The standard InChI is InChI=1S/C22H23N3O3S/c1-5-12-25-21(18-8-6-7-9-20(18)28-4)23-24-22(25)29-14-17-13-16(15(2)26)10-11-19(17)27-3/h5-11,13H,1,12,14H2,2-4H3. The second-order valence-corrected chi connectivity index (χ2v) is 7.22. The van der Waals surface area contributed by atoms with Gasteiger partial charge >= 0.3 is 0 Å². The first-order valence-corrected chi connectivity index (χ1v) is 10.1. The fraction of sp³-hybridized carbons (Fsp3) is 0.227. The maximum Gasteiger partial charge on any atom is 0.192 e. The van der Waals surface area contributed by atoms with Crippen LogP contribution in [0.25, 0.3) is 11.4 Å². The van der Waals surface area contributed by atoms with E-state index in [1.165, 1.54) is 11.8 Å². The van der Waals surface area contributed by atoms with Gasteiger partial charge in [-0.25, -0.2) is 0 Å². The SMILES string of the molecule is C=CCn1c(SCc2cc(C(C)=O)ccc2OC)nnc1-c1ccccc1OC. The summed E-state index contributed by atoms with van der Waals surface area (Å²) in [7, 11) is 3.26. The van der Waals surface area contributed by atoms with Crippen LogP contribution >= 0.6 is 11.8 Å². The van der Waals surface area contributed by atoms with Gasteiger partial charge in [-0.1, -0.05) is 30.0 Å². The highest BCUT2D eigenvalue weighted by atomic mass is 32.2. The van der Waals surface area contributed by atoms with Gasteiger partial charge in [-0.2, -0.15) is 0 Å². The summed E-state index contributed by atoms with van der Waals surface area (Å²) < 4.78 is 12.9. The van der Waals surface area contributed by atoms with Crippen LogP contribution in [0.4, 0.5) is 0 Å². The molecule has 0 amide bonds. The van der Waals surface area contributed by atoms with Crippen LogP contribution in [0.2, 0.25) is 0 Å². The maximum atomic E-state index is 11.7. The summed E-state index contributed by atoms with van der Waals surface area (Å²) in [6.45, 7) is 5.97. The molecule has 3 rings (SSSR count). The van der Waals surface area contributed by atoms with Gasteiger partial charge in [-0.15, -0.1) is 16.8 Å². The third-order valence-electron chi connectivity index (χ3n) is 4.42. The van der Waals surface area contributed by atoms with E-state index < -0.39 is 0 Å². The zero-order valence-electron chi connectivity index (χ0n) is 16.7. The lowest BCUT2D eigenvalue weighted by molar-refractivity contribution is 0.101. The maximum absolute atomic E-state index is 11.7. The predicted molar refractivity (Wildman–Crippen MR) is 115 cm³/mol. The highest BCUT2D eigenvalue weighted by molar-refractivity contribution is 7.98. The number of benzene rings is 2. The number of aromatic nitrogens is 3. The lowest BCUT2D eigenvalue weighted by Crippen LogP contribution is -2.02. The number of ketones is 1. The Kier molecular flexibility index (Phi) is 6.72. The van der Waals surface area contributed by atoms with Crippen molar-refractivity contribution < 1.29 is 14.3 Å². The Morgan fingerprint density at radius 2 is 1.90 bits per heavy atom. The number of nitrogens with zero attached hydrogens (tertiary/aromatic N) is 3. The molecule has 0 N–H and O–H groups in total. The highest BCUT2D eigenvalue weighted by Crippen LogP contribution is 2.33. The Morgan fingerprint density at radius 1 is 1.14 bits per heavy atom. The second kappa shape index (κ2) is 9.43. The van der Waals surface area contributed by atoms with Gasteiger partial charge in [-0.05, 0) is 37.3 Å². The zero-order chi connectivity index (χ0) is 20.8. The summed E-state index contributed by atoms with van der Waals surface area (Å²) in [5.41, 5.74) is 2.45. The number of ether oxygens (including phenoxy) is 2. The smallest absolute Gasteiger partial charge is 0.192 e. The van der Waals surface area contributed by atoms with Crippen LogP contribution in [0.3, 0.4) is 0 Å². The molecule has 150 valence electrons. The third-order valence-corrected chi connectivity index (χ3v) is 5.44. The predicted octanol–water partition coefficient (Wildman–Crippen LogP) is 4.64. The van der Waals surface area contributed by atoms with Gasteiger partial charge in [0.1, 0.15) is 11.5 Å². The molecule has 1 heterocycles. The van der Waals surface area contributed by atoms with E-state index in [1.54, 1.807) is 27.2 Å². The first kappa shape index (κ1) is 20.7. The average molecular weight is 410 g/mol. The summed E-state index contributed by atoms with van der Waals surface area (Å²) in [5, 5.41) is 9.52. The molecule has 0 radical (unpaired) electrons. The van der Waals surface area contributed by atoms with Gasteiger partial charge < -0.3 is 9.47 Å². The number of para-hydroxylation sites is 1. The fourth-order valence-corrected chi connectivity index (χ4v) is 3.90. The summed E-state index contributed by atoms with van der Waals surface area (Å²) in [6, 6.07) is 13.2. The normalized spacial score (nSPS) is 10.6. The van der Waals surface area contributed by atoms with Gasteiger partial charge in [0.25, 0.3) is 0 Å². The van der Waals surface area contributed by atoms with Gasteiger partial charge in [0.15, 0.2) is 16.8 Å². The van der Waals surface area contributed by atoms with Crippen LogP contribution in [0, 0.1) is 0 Å². The number of Topliss-reactive ketones (excluding diaryl/α,β-unsaturated/α-hetero) is 1. The first-order valence-electron chi connectivity index (χ1n) is 9.07. The van der Waals surface area contributed by atoms with Crippen molar-refractivity contribution in [1.29, 1.82) is 0 Å². The van der Waals surface area contributed by atoms with E-state index in [4.69, 9.17) is 9.47 Å². The second-order valence-electron chi connectivity index (χ2n) is 6.28. The average Bonchev–Trinajstić information content (AvgIpc) is 3.14. The van der Waals surface area contributed by atoms with E-state index in [0.717, 1.165) is 27.8 Å². The van der Waals surface area contributed by atoms with E-state index >= 15 is 0 Å². The molecule has 3 aromatic rings. The van der Waals surface area contributed by atoms with Crippen molar-refractivity contribution in [2.45, 2.75) is 24.4 Å². The molecule has 1 aromatic heterocycles. The van der Waals surface area contributed by atoms with Crippen molar-refractivity contribution in [3.8, 4) is 22.9 Å². The summed E-state index contributed by atoms with van der Waals surface area (Å²) in [6.07, 6.45) is 1.81. The molecule has 0 bridgehead atoms. The van der Waals surface area contributed by atoms with Crippen LogP contribution in [-0.2, 0) is 12.3 Å². The van der Waals surface area contributed by atoms with Crippen molar-refractivity contribution in [3.05, 3.63) is 66.2 Å². The van der Waals surface area contributed by atoms with Crippen molar-refractivity contribution in [2.75, 3.05) is 14.2 Å². The molecule has 0 spiro atoms. The lowest BCUT2D eigenvalue weighted by Gasteiger charge is -2.12. The Labute approximate surface area is 174 Å². The van der Waals surface area contributed by atoms with Gasteiger partial charge in [0.2, 0.25) is 0 Å². The Bertz CT molecular complexity index is 1030. The van der Waals surface area contributed by atoms with Crippen molar-refractivity contribution >= 4 is 17.5 Å². The summed E-state index contributed by atoms with van der Waals surface area (Å²) in [5.74, 6) is 2.80. The molecule has 0 saturated heterocycles. The molecule has 29 heavy (non-hydrogen) atoms. The van der Waals surface area contributed by atoms with Gasteiger partial charge in [-0.3, -0.25) is 9.36 Å². The molecule has 0 unspecified atom stereocenters. The number of allylic oxidation sites excluding steroid dienone is 1. The summed E-state index contributed by atoms with van der Waals surface area (Å²) >= 11 is 1.53. The van der Waals surface area contributed by atoms with E-state index in [1.807, 2.05) is 47.0 Å². The van der Waals surface area contributed by atoms with Crippen molar-refractivity contribution in [2.24, 2.45) is 0 Å². The van der Waals surface area contributed by atoms with Crippen molar-refractivity contribution in [3.63, 3.8) is 0 Å². The topological polar surface area (TPSA) is 66.2 Å². The van der Waals surface area contributed by atoms with Crippen LogP contribution in [-0.4, -0.2) is 34.8 Å². The number of rotatable bonds is 9. The number of carbonyl (C=O) groups excluding carboxylic acids is 1. The van der Waals surface area contributed by atoms with Gasteiger partial charge in [0.05, 0.1) is 19.8 Å². The molecule has 0 aliphatic carbocycles. The molecule has 0 fully saturated rings. The third kappa shape index (κ3) is 4.51. The van der Waals surface area contributed by atoms with Crippen LogP contribution in [0.15, 0.2) is 60.3 Å². The number of hydrogen-bond donors (Lipinski definition) is 0.